The zero-order valence-corrected chi connectivity index (χ0v) is 17.9. The minimum absolute atomic E-state index is 0.0293. The maximum atomic E-state index is 13.3. The number of carbonyl (C=O) groups excluding carboxylic acids is 1. The van der Waals surface area contributed by atoms with Crippen molar-refractivity contribution in [2.45, 2.75) is 25.8 Å². The van der Waals surface area contributed by atoms with Crippen LogP contribution < -0.4 is 9.64 Å². The largest absolute Gasteiger partial charge is 0.497 e. The normalized spacial score (nSPS) is 15.4. The average Bonchev–Trinajstić information content (AvgIpc) is 3.41. The van der Waals surface area contributed by atoms with Crippen molar-refractivity contribution >= 4 is 23.1 Å². The van der Waals surface area contributed by atoms with Crippen LogP contribution in [0.5, 0.6) is 5.75 Å². The monoisotopic (exact) mass is 410 g/mol. The maximum absolute atomic E-state index is 13.3. The Labute approximate surface area is 175 Å². The number of benzene rings is 1. The summed E-state index contributed by atoms with van der Waals surface area (Å²) in [6.07, 6.45) is 3.80. The van der Waals surface area contributed by atoms with Crippen LogP contribution in [0.4, 0.5) is 5.82 Å². The van der Waals surface area contributed by atoms with Gasteiger partial charge in [0, 0.05) is 24.4 Å². The molecule has 2 aromatic heterocycles. The van der Waals surface area contributed by atoms with Crippen LogP contribution in [0.15, 0.2) is 48.0 Å². The molecule has 0 radical (unpaired) electrons. The molecule has 29 heavy (non-hydrogen) atoms. The van der Waals surface area contributed by atoms with Crippen molar-refractivity contribution in [3.63, 3.8) is 0 Å². The summed E-state index contributed by atoms with van der Waals surface area (Å²) >= 11 is 1.48. The van der Waals surface area contributed by atoms with E-state index in [4.69, 9.17) is 9.84 Å². The van der Waals surface area contributed by atoms with Crippen molar-refractivity contribution in [3.8, 4) is 11.4 Å². The number of hydrogen-bond acceptors (Lipinski definition) is 5. The van der Waals surface area contributed by atoms with Crippen LogP contribution in [0, 0.1) is 6.92 Å². The number of amides is 1. The summed E-state index contributed by atoms with van der Waals surface area (Å²) in [5.41, 5.74) is 2.01. The lowest BCUT2D eigenvalue weighted by atomic mass is 10.0. The molecule has 1 fully saturated rings. The molecule has 3 aromatic rings. The average molecular weight is 411 g/mol. The summed E-state index contributed by atoms with van der Waals surface area (Å²) in [5.74, 6) is 1.51. The minimum Gasteiger partial charge on any atom is -0.497 e. The molecule has 1 aliphatic heterocycles. The van der Waals surface area contributed by atoms with Gasteiger partial charge in [0.1, 0.15) is 5.75 Å². The zero-order chi connectivity index (χ0) is 20.4. The highest BCUT2D eigenvalue weighted by atomic mass is 32.1. The fraction of sp³-hybridized carbons (Fsp3) is 0.364. The number of piperidine rings is 1. The van der Waals surface area contributed by atoms with E-state index in [1.807, 2.05) is 58.4 Å². The molecular formula is C22H26N4O2S. The molecule has 1 saturated heterocycles. The predicted octanol–water partition coefficient (Wildman–Crippen LogP) is 3.99. The zero-order valence-electron chi connectivity index (χ0n) is 17.0. The van der Waals surface area contributed by atoms with Gasteiger partial charge in [-0.25, -0.2) is 4.68 Å². The van der Waals surface area contributed by atoms with E-state index in [0.717, 1.165) is 47.8 Å². The fourth-order valence-electron chi connectivity index (χ4n) is 3.79. The van der Waals surface area contributed by atoms with E-state index in [0.29, 0.717) is 5.82 Å². The van der Waals surface area contributed by atoms with E-state index in [1.165, 1.54) is 11.3 Å². The van der Waals surface area contributed by atoms with Gasteiger partial charge in [0.15, 0.2) is 5.82 Å². The number of aromatic nitrogens is 2. The van der Waals surface area contributed by atoms with Crippen LogP contribution in [0.2, 0.25) is 0 Å². The highest BCUT2D eigenvalue weighted by Gasteiger charge is 2.31. The summed E-state index contributed by atoms with van der Waals surface area (Å²) in [4.78, 5) is 18.3. The molecule has 0 saturated carbocycles. The number of rotatable bonds is 5. The van der Waals surface area contributed by atoms with Gasteiger partial charge in [-0.1, -0.05) is 6.07 Å². The van der Waals surface area contributed by atoms with E-state index in [2.05, 4.69) is 18.0 Å². The first-order chi connectivity index (χ1) is 14.0. The third-order valence-corrected chi connectivity index (χ3v) is 6.22. The Morgan fingerprint density at radius 1 is 1.24 bits per heavy atom. The van der Waals surface area contributed by atoms with Crippen LogP contribution in [0.1, 0.15) is 28.1 Å². The van der Waals surface area contributed by atoms with Crippen molar-refractivity contribution < 1.29 is 9.53 Å². The second-order valence-electron chi connectivity index (χ2n) is 7.51. The van der Waals surface area contributed by atoms with E-state index >= 15 is 0 Å². The molecule has 4 rings (SSSR count). The second-order valence-corrected chi connectivity index (χ2v) is 8.46. The molecule has 1 aromatic carbocycles. The lowest BCUT2D eigenvalue weighted by Gasteiger charge is -2.36. The number of likely N-dealkylation sites (tertiary alicyclic amines) is 1. The van der Waals surface area contributed by atoms with Crippen molar-refractivity contribution in [1.82, 2.24) is 14.7 Å². The lowest BCUT2D eigenvalue weighted by molar-refractivity contribution is 0.0966. The number of carbonyl (C=O) groups is 1. The van der Waals surface area contributed by atoms with Gasteiger partial charge >= 0.3 is 0 Å². The van der Waals surface area contributed by atoms with Crippen molar-refractivity contribution in [2.75, 3.05) is 32.1 Å². The van der Waals surface area contributed by atoms with Crippen LogP contribution in [0.3, 0.4) is 0 Å². The SMILES string of the molecule is COc1cc(C)cc(-n2ccc(N(C(=O)c3cccs3)C3CCN(C)CC3)n2)c1. The van der Waals surface area contributed by atoms with Crippen molar-refractivity contribution in [3.05, 3.63) is 58.4 Å². The molecule has 3 heterocycles. The van der Waals surface area contributed by atoms with E-state index < -0.39 is 0 Å². The molecule has 1 aliphatic rings. The maximum Gasteiger partial charge on any atom is 0.269 e. The molecule has 0 aliphatic carbocycles. The molecule has 0 unspecified atom stereocenters. The number of methoxy groups -OCH3 is 1. The molecule has 0 N–H and O–H groups in total. The topological polar surface area (TPSA) is 50.6 Å². The van der Waals surface area contributed by atoms with Crippen LogP contribution in [-0.4, -0.2) is 53.9 Å². The highest BCUT2D eigenvalue weighted by molar-refractivity contribution is 7.12. The number of thiophene rings is 1. The number of nitrogens with zero attached hydrogens (tertiary/aromatic N) is 4. The molecule has 0 spiro atoms. The van der Waals surface area contributed by atoms with Crippen LogP contribution in [-0.2, 0) is 0 Å². The van der Waals surface area contributed by atoms with Gasteiger partial charge in [0.25, 0.3) is 5.91 Å². The number of hydrogen-bond donors (Lipinski definition) is 0. The third-order valence-electron chi connectivity index (χ3n) is 5.36. The quantitative estimate of drug-likeness (QED) is 0.638. The minimum atomic E-state index is 0.0293. The number of ether oxygens (including phenoxy) is 1. The van der Waals surface area contributed by atoms with Gasteiger partial charge in [0.05, 0.1) is 17.7 Å². The summed E-state index contributed by atoms with van der Waals surface area (Å²) in [5, 5.41) is 6.72. The first-order valence-corrected chi connectivity index (χ1v) is 10.7. The van der Waals surface area contributed by atoms with Gasteiger partial charge in [-0.05, 0) is 69.0 Å². The smallest absolute Gasteiger partial charge is 0.269 e. The van der Waals surface area contributed by atoms with Gasteiger partial charge in [-0.15, -0.1) is 16.4 Å². The van der Waals surface area contributed by atoms with E-state index in [1.54, 1.807) is 7.11 Å². The van der Waals surface area contributed by atoms with Gasteiger partial charge in [-0.3, -0.25) is 9.69 Å². The molecular weight excluding hydrogens is 384 g/mol. The number of anilines is 1. The Bertz CT molecular complexity index is 975. The fourth-order valence-corrected chi connectivity index (χ4v) is 4.45. The van der Waals surface area contributed by atoms with E-state index in [9.17, 15) is 4.79 Å². The van der Waals surface area contributed by atoms with Crippen LogP contribution in [0.25, 0.3) is 5.69 Å². The first-order valence-electron chi connectivity index (χ1n) is 9.82. The Balaban J connectivity index is 1.68. The highest BCUT2D eigenvalue weighted by Crippen LogP contribution is 2.27. The molecule has 0 bridgehead atoms. The Morgan fingerprint density at radius 2 is 2.03 bits per heavy atom. The Kier molecular flexibility index (Phi) is 5.69. The van der Waals surface area contributed by atoms with Gasteiger partial charge in [-0.2, -0.15) is 0 Å². The summed E-state index contributed by atoms with van der Waals surface area (Å²) < 4.78 is 7.21. The molecule has 1 amide bonds. The Hall–Kier alpha value is -2.64. The standard InChI is InChI=1S/C22H26N4O2S/c1-16-13-18(15-19(14-16)28-3)25-11-8-21(23-25)26(17-6-9-24(2)10-7-17)22(27)20-5-4-12-29-20/h4-5,8,11-15,17H,6-7,9-10H2,1-3H3. The summed E-state index contributed by atoms with van der Waals surface area (Å²) in [6.45, 7) is 3.99. The lowest BCUT2D eigenvalue weighted by Crippen LogP contribution is -2.47. The first kappa shape index (κ1) is 19.7. The molecule has 0 atom stereocenters. The van der Waals surface area contributed by atoms with Crippen molar-refractivity contribution in [2.24, 2.45) is 0 Å². The second kappa shape index (κ2) is 8.39. The predicted molar refractivity (Wildman–Crippen MR) is 117 cm³/mol. The molecule has 7 heteroatoms. The Morgan fingerprint density at radius 3 is 2.72 bits per heavy atom. The third kappa shape index (κ3) is 4.21. The van der Waals surface area contributed by atoms with Crippen LogP contribution >= 0.6 is 11.3 Å². The summed E-state index contributed by atoms with van der Waals surface area (Å²) in [7, 11) is 3.79. The molecule has 6 nitrogen and oxygen atoms in total. The molecule has 152 valence electrons. The van der Waals surface area contributed by atoms with E-state index in [-0.39, 0.29) is 11.9 Å². The summed E-state index contributed by atoms with van der Waals surface area (Å²) in [6, 6.07) is 11.9. The van der Waals surface area contributed by atoms with Gasteiger partial charge in [0.2, 0.25) is 0 Å². The van der Waals surface area contributed by atoms with Gasteiger partial charge < -0.3 is 9.64 Å². The van der Waals surface area contributed by atoms with Crippen molar-refractivity contribution in [1.29, 1.82) is 0 Å². The number of aryl methyl sites for hydroxylation is 1.